The summed E-state index contributed by atoms with van der Waals surface area (Å²) in [6, 6.07) is 2.74. The predicted molar refractivity (Wildman–Crippen MR) is 72.4 cm³/mol. The quantitative estimate of drug-likeness (QED) is 0.705. The van der Waals surface area contributed by atoms with Gasteiger partial charge in [0.15, 0.2) is 0 Å². The van der Waals surface area contributed by atoms with E-state index in [1.54, 1.807) is 0 Å². The average Bonchev–Trinajstić information content (AvgIpc) is 3.14. The maximum Gasteiger partial charge on any atom is 0.144 e. The first kappa shape index (κ1) is 13.9. The van der Waals surface area contributed by atoms with Gasteiger partial charge in [-0.1, -0.05) is 6.92 Å². The van der Waals surface area contributed by atoms with Crippen molar-refractivity contribution >= 4 is 15.9 Å². The molecule has 4 heteroatoms. The van der Waals surface area contributed by atoms with Crippen LogP contribution in [0.3, 0.4) is 0 Å². The summed E-state index contributed by atoms with van der Waals surface area (Å²) in [5, 5.41) is 0. The molecule has 0 radical (unpaired) electrons. The Labute approximate surface area is 115 Å². The van der Waals surface area contributed by atoms with Crippen LogP contribution in [0.4, 0.5) is 8.78 Å². The molecule has 0 spiro atoms. The van der Waals surface area contributed by atoms with Crippen molar-refractivity contribution in [2.45, 2.75) is 32.7 Å². The number of benzene rings is 1. The van der Waals surface area contributed by atoms with Gasteiger partial charge in [0.1, 0.15) is 11.6 Å². The van der Waals surface area contributed by atoms with Gasteiger partial charge in [0.25, 0.3) is 0 Å². The van der Waals surface area contributed by atoms with E-state index in [9.17, 15) is 8.78 Å². The fourth-order valence-corrected chi connectivity index (χ4v) is 2.53. The number of hydrogen-bond donors (Lipinski definition) is 0. The van der Waals surface area contributed by atoms with Gasteiger partial charge in [0, 0.05) is 18.7 Å². The van der Waals surface area contributed by atoms with E-state index in [0.717, 1.165) is 25.4 Å². The Morgan fingerprint density at radius 3 is 2.67 bits per heavy atom. The van der Waals surface area contributed by atoms with Crippen molar-refractivity contribution in [1.29, 1.82) is 0 Å². The summed E-state index contributed by atoms with van der Waals surface area (Å²) in [4.78, 5) is 2.16. The minimum Gasteiger partial charge on any atom is -0.299 e. The topological polar surface area (TPSA) is 3.24 Å². The molecule has 18 heavy (non-hydrogen) atoms. The van der Waals surface area contributed by atoms with Crippen molar-refractivity contribution in [1.82, 2.24) is 4.90 Å². The lowest BCUT2D eigenvalue weighted by molar-refractivity contribution is 0.247. The van der Waals surface area contributed by atoms with Crippen molar-refractivity contribution in [3.8, 4) is 0 Å². The summed E-state index contributed by atoms with van der Waals surface area (Å²) < 4.78 is 27.9. The van der Waals surface area contributed by atoms with Crippen molar-refractivity contribution < 1.29 is 8.78 Å². The molecule has 1 aromatic rings. The van der Waals surface area contributed by atoms with Gasteiger partial charge in [0.2, 0.25) is 0 Å². The highest BCUT2D eigenvalue weighted by Crippen LogP contribution is 2.31. The van der Waals surface area contributed by atoms with Crippen LogP contribution in [0.2, 0.25) is 0 Å². The summed E-state index contributed by atoms with van der Waals surface area (Å²) >= 11 is 3.11. The fourth-order valence-electron chi connectivity index (χ4n) is 2.15. The van der Waals surface area contributed by atoms with E-state index in [0.29, 0.717) is 11.0 Å². The zero-order chi connectivity index (χ0) is 13.1. The molecule has 0 amide bonds. The molecule has 100 valence electrons. The second kappa shape index (κ2) is 6.11. The summed E-state index contributed by atoms with van der Waals surface area (Å²) in [7, 11) is 0. The van der Waals surface area contributed by atoms with Crippen LogP contribution >= 0.6 is 15.9 Å². The van der Waals surface area contributed by atoms with E-state index in [1.807, 2.05) is 0 Å². The Bertz CT molecular complexity index is 419. The first-order chi connectivity index (χ1) is 8.61. The summed E-state index contributed by atoms with van der Waals surface area (Å²) in [6.45, 7) is 4.30. The van der Waals surface area contributed by atoms with Crippen LogP contribution in [-0.2, 0) is 6.54 Å². The van der Waals surface area contributed by atoms with Gasteiger partial charge in [-0.15, -0.1) is 0 Å². The van der Waals surface area contributed by atoms with E-state index < -0.39 is 11.6 Å². The van der Waals surface area contributed by atoms with Gasteiger partial charge in [-0.3, -0.25) is 4.90 Å². The zero-order valence-electron chi connectivity index (χ0n) is 10.6. The number of rotatable bonds is 6. The molecule has 1 aromatic carbocycles. The molecule has 0 atom stereocenters. The fraction of sp³-hybridized carbons (Fsp3) is 0.571. The number of hydrogen-bond acceptors (Lipinski definition) is 1. The van der Waals surface area contributed by atoms with Gasteiger partial charge < -0.3 is 0 Å². The Morgan fingerprint density at radius 1 is 1.33 bits per heavy atom. The number of nitrogens with zero attached hydrogens (tertiary/aromatic N) is 1. The van der Waals surface area contributed by atoms with Crippen LogP contribution < -0.4 is 0 Å². The third kappa shape index (κ3) is 3.51. The van der Waals surface area contributed by atoms with Crippen LogP contribution in [0.25, 0.3) is 0 Å². The molecule has 1 aliphatic rings. The molecule has 0 aliphatic heterocycles. The summed E-state index contributed by atoms with van der Waals surface area (Å²) in [5.41, 5.74) is 0.179. The van der Waals surface area contributed by atoms with Crippen LogP contribution in [0.15, 0.2) is 16.6 Å². The zero-order valence-corrected chi connectivity index (χ0v) is 12.1. The van der Waals surface area contributed by atoms with Crippen molar-refractivity contribution in [2.24, 2.45) is 5.92 Å². The first-order valence-corrected chi connectivity index (χ1v) is 7.25. The molecule has 1 aliphatic carbocycles. The normalized spacial score (nSPS) is 15.4. The Morgan fingerprint density at radius 2 is 2.06 bits per heavy atom. The Balaban J connectivity index is 2.11. The van der Waals surface area contributed by atoms with Gasteiger partial charge in [0.05, 0.1) is 4.47 Å². The first-order valence-electron chi connectivity index (χ1n) is 6.46. The summed E-state index contributed by atoms with van der Waals surface area (Å²) in [6.07, 6.45) is 3.51. The predicted octanol–water partition coefficient (Wildman–Crippen LogP) is 4.35. The van der Waals surface area contributed by atoms with Crippen molar-refractivity contribution in [3.63, 3.8) is 0 Å². The highest BCUT2D eigenvalue weighted by atomic mass is 79.9. The summed E-state index contributed by atoms with van der Waals surface area (Å²) in [5.74, 6) is -0.186. The lowest BCUT2D eigenvalue weighted by atomic mass is 10.1. The van der Waals surface area contributed by atoms with E-state index in [2.05, 4.69) is 27.8 Å². The standard InChI is InChI=1S/C14H18BrF2N/c1-2-7-18(8-10-3-4-10)9-11-13(16)6-5-12(15)14(11)17/h5-6,10H,2-4,7-9H2,1H3. The maximum atomic E-state index is 13.9. The SMILES string of the molecule is CCCN(Cc1c(F)ccc(Br)c1F)CC1CC1. The monoisotopic (exact) mass is 317 g/mol. The molecule has 1 nitrogen and oxygen atoms in total. The van der Waals surface area contributed by atoms with E-state index in [4.69, 9.17) is 0 Å². The third-order valence-electron chi connectivity index (χ3n) is 3.27. The minimum absolute atomic E-state index is 0.179. The van der Waals surface area contributed by atoms with Gasteiger partial charge in [-0.05, 0) is 59.8 Å². The molecular weight excluding hydrogens is 300 g/mol. The van der Waals surface area contributed by atoms with Crippen LogP contribution in [0, 0.1) is 17.6 Å². The molecule has 0 heterocycles. The molecule has 0 N–H and O–H groups in total. The molecular formula is C14H18BrF2N. The van der Waals surface area contributed by atoms with E-state index in [-0.39, 0.29) is 5.56 Å². The van der Waals surface area contributed by atoms with Crippen LogP contribution in [0.1, 0.15) is 31.7 Å². The molecule has 1 fully saturated rings. The van der Waals surface area contributed by atoms with Gasteiger partial charge in [-0.25, -0.2) is 8.78 Å². The molecule has 0 unspecified atom stereocenters. The second-order valence-corrected chi connectivity index (χ2v) is 5.85. The minimum atomic E-state index is -0.466. The van der Waals surface area contributed by atoms with E-state index >= 15 is 0 Å². The molecule has 0 saturated heterocycles. The van der Waals surface area contributed by atoms with Crippen molar-refractivity contribution in [2.75, 3.05) is 13.1 Å². The lowest BCUT2D eigenvalue weighted by Crippen LogP contribution is -2.27. The largest absolute Gasteiger partial charge is 0.299 e. The average molecular weight is 318 g/mol. The van der Waals surface area contributed by atoms with Gasteiger partial charge in [-0.2, -0.15) is 0 Å². The molecule has 2 rings (SSSR count). The highest BCUT2D eigenvalue weighted by molar-refractivity contribution is 9.10. The van der Waals surface area contributed by atoms with Crippen molar-refractivity contribution in [3.05, 3.63) is 33.8 Å². The smallest absolute Gasteiger partial charge is 0.144 e. The van der Waals surface area contributed by atoms with Crippen LogP contribution in [0.5, 0.6) is 0 Å². The molecule has 0 aromatic heterocycles. The second-order valence-electron chi connectivity index (χ2n) is 5.00. The highest BCUT2D eigenvalue weighted by Gasteiger charge is 2.25. The Hall–Kier alpha value is -0.480. The molecule has 1 saturated carbocycles. The lowest BCUT2D eigenvalue weighted by Gasteiger charge is -2.22. The third-order valence-corrected chi connectivity index (χ3v) is 3.89. The van der Waals surface area contributed by atoms with Gasteiger partial charge >= 0.3 is 0 Å². The maximum absolute atomic E-state index is 13.9. The molecule has 0 bridgehead atoms. The van der Waals surface area contributed by atoms with E-state index in [1.165, 1.54) is 25.0 Å². The number of halogens is 3. The van der Waals surface area contributed by atoms with Crippen LogP contribution in [-0.4, -0.2) is 18.0 Å². The Kier molecular flexibility index (Phi) is 4.73.